The minimum atomic E-state index is -1.41. The number of para-hydroxylation sites is 1. The van der Waals surface area contributed by atoms with Crippen molar-refractivity contribution in [1.82, 2.24) is 14.9 Å². The number of amides is 1. The second-order valence-corrected chi connectivity index (χ2v) is 13.3. The highest BCUT2D eigenvalue weighted by atomic mass is 32.1. The van der Waals surface area contributed by atoms with Gasteiger partial charge >= 0.3 is 6.16 Å². The molecule has 3 heterocycles. The van der Waals surface area contributed by atoms with Crippen molar-refractivity contribution in [3.05, 3.63) is 93.9 Å². The SMILES string of the molecule is CN(C)CC#Cc1ccc(OCCCc2sc(N3CCc4cccc(C(=O)Nc5nc6ccccc6s5)c4C3)nc2OC(=O)O)cc1. The van der Waals surface area contributed by atoms with Crippen molar-refractivity contribution in [2.45, 2.75) is 25.8 Å². The van der Waals surface area contributed by atoms with Crippen LogP contribution in [0, 0.1) is 11.8 Å². The summed E-state index contributed by atoms with van der Waals surface area (Å²) in [5.41, 5.74) is 4.36. The van der Waals surface area contributed by atoms with Crippen LogP contribution >= 0.6 is 22.7 Å². The molecule has 0 saturated carbocycles. The molecule has 0 spiro atoms. The molecule has 2 aromatic heterocycles. The lowest BCUT2D eigenvalue weighted by Crippen LogP contribution is -2.32. The summed E-state index contributed by atoms with van der Waals surface area (Å²) in [5.74, 6) is 6.86. The third-order valence-electron chi connectivity index (χ3n) is 7.44. The largest absolute Gasteiger partial charge is 0.512 e. The monoisotopic (exact) mass is 667 g/mol. The van der Waals surface area contributed by atoms with Crippen molar-refractivity contribution in [2.24, 2.45) is 0 Å². The van der Waals surface area contributed by atoms with Crippen molar-refractivity contribution in [3.8, 4) is 23.5 Å². The van der Waals surface area contributed by atoms with Gasteiger partial charge in [0.25, 0.3) is 5.91 Å². The summed E-state index contributed by atoms with van der Waals surface area (Å²) in [6.45, 7) is 2.26. The van der Waals surface area contributed by atoms with E-state index in [0.29, 0.717) is 54.9 Å². The van der Waals surface area contributed by atoms with Crippen molar-refractivity contribution in [1.29, 1.82) is 0 Å². The Morgan fingerprint density at radius 1 is 1.04 bits per heavy atom. The van der Waals surface area contributed by atoms with Crippen LogP contribution in [0.2, 0.25) is 0 Å². The zero-order chi connectivity index (χ0) is 32.8. The Morgan fingerprint density at radius 2 is 1.87 bits per heavy atom. The van der Waals surface area contributed by atoms with Crippen LogP contribution in [-0.2, 0) is 19.4 Å². The molecule has 47 heavy (non-hydrogen) atoms. The molecule has 3 aromatic carbocycles. The van der Waals surface area contributed by atoms with Gasteiger partial charge in [0.2, 0.25) is 5.88 Å². The summed E-state index contributed by atoms with van der Waals surface area (Å²) >= 11 is 2.84. The molecule has 240 valence electrons. The van der Waals surface area contributed by atoms with Crippen molar-refractivity contribution < 1.29 is 24.2 Å². The first-order valence-corrected chi connectivity index (χ1v) is 16.8. The fourth-order valence-corrected chi connectivity index (χ4v) is 7.10. The van der Waals surface area contributed by atoms with Gasteiger partial charge in [-0.15, -0.1) is 0 Å². The van der Waals surface area contributed by atoms with Gasteiger partial charge in [-0.1, -0.05) is 58.8 Å². The van der Waals surface area contributed by atoms with Crippen LogP contribution in [0.5, 0.6) is 11.6 Å². The van der Waals surface area contributed by atoms with E-state index < -0.39 is 6.16 Å². The summed E-state index contributed by atoms with van der Waals surface area (Å²) in [6, 6.07) is 21.2. The molecule has 1 aliphatic rings. The number of fused-ring (bicyclic) bond motifs is 2. The predicted molar refractivity (Wildman–Crippen MR) is 185 cm³/mol. The molecule has 1 amide bonds. The van der Waals surface area contributed by atoms with Crippen LogP contribution in [0.25, 0.3) is 10.2 Å². The number of carbonyl (C=O) groups is 2. The molecule has 0 fully saturated rings. The lowest BCUT2D eigenvalue weighted by Gasteiger charge is -2.29. The highest BCUT2D eigenvalue weighted by Crippen LogP contribution is 2.36. The standard InChI is InChI=1S/C35H33N5O5S2/c1-39(2)19-6-8-23-14-16-25(17-15-23)44-21-7-13-30-32(45-35(42)43)38-34(47-30)40-20-18-24-9-5-10-26(27(24)22-40)31(41)37-33-36-28-11-3-4-12-29(28)46-33/h3-5,9-12,14-17H,7,13,18-22H2,1-2H3,(H,42,43)(H,36,37,41). The van der Waals surface area contributed by atoms with E-state index in [1.807, 2.05) is 85.7 Å². The smallest absolute Gasteiger partial charge is 0.494 e. The average molecular weight is 668 g/mol. The fourth-order valence-electron chi connectivity index (χ4n) is 5.19. The van der Waals surface area contributed by atoms with Gasteiger partial charge in [-0.05, 0) is 86.9 Å². The first-order valence-electron chi connectivity index (χ1n) is 15.1. The molecule has 0 bridgehead atoms. The van der Waals surface area contributed by atoms with E-state index in [2.05, 4.69) is 32.0 Å². The molecule has 10 nitrogen and oxygen atoms in total. The van der Waals surface area contributed by atoms with Crippen molar-refractivity contribution in [3.63, 3.8) is 0 Å². The number of carbonyl (C=O) groups excluding carboxylic acids is 1. The Hall–Kier alpha value is -4.96. The molecular formula is C35H33N5O5S2. The molecule has 12 heteroatoms. The third kappa shape index (κ3) is 8.07. The molecule has 0 radical (unpaired) electrons. The second-order valence-electron chi connectivity index (χ2n) is 11.2. The molecule has 0 atom stereocenters. The van der Waals surface area contributed by atoms with Crippen molar-refractivity contribution >= 4 is 55.2 Å². The second kappa shape index (κ2) is 14.6. The summed E-state index contributed by atoms with van der Waals surface area (Å²) < 4.78 is 12.0. The average Bonchev–Trinajstić information content (AvgIpc) is 3.66. The molecule has 2 N–H and O–H groups in total. The Kier molecular flexibility index (Phi) is 9.97. The van der Waals surface area contributed by atoms with Crippen LogP contribution in [0.3, 0.4) is 0 Å². The lowest BCUT2D eigenvalue weighted by atomic mass is 9.94. The number of aromatic nitrogens is 2. The Morgan fingerprint density at radius 3 is 2.66 bits per heavy atom. The number of aryl methyl sites for hydroxylation is 1. The normalized spacial score (nSPS) is 12.4. The number of hydrogen-bond acceptors (Lipinski definition) is 10. The number of benzene rings is 3. The van der Waals surface area contributed by atoms with Crippen LogP contribution in [0.4, 0.5) is 15.1 Å². The number of hydrogen-bond donors (Lipinski definition) is 2. The zero-order valence-electron chi connectivity index (χ0n) is 26.0. The van der Waals surface area contributed by atoms with Crippen LogP contribution < -0.4 is 19.7 Å². The number of ether oxygens (including phenoxy) is 2. The van der Waals surface area contributed by atoms with E-state index in [4.69, 9.17) is 9.47 Å². The van der Waals surface area contributed by atoms with Gasteiger partial charge in [-0.2, -0.15) is 4.98 Å². The Labute approximate surface area is 280 Å². The van der Waals surface area contributed by atoms with E-state index in [9.17, 15) is 14.7 Å². The quantitative estimate of drug-likeness (QED) is 0.0972. The number of nitrogens with one attached hydrogen (secondary N) is 1. The van der Waals surface area contributed by atoms with Gasteiger partial charge in [0.05, 0.1) is 28.2 Å². The number of thiazole rings is 2. The lowest BCUT2D eigenvalue weighted by molar-refractivity contribution is 0.102. The van der Waals surface area contributed by atoms with Gasteiger partial charge in [0.1, 0.15) is 5.75 Å². The van der Waals surface area contributed by atoms with Crippen molar-refractivity contribution in [2.75, 3.05) is 44.0 Å². The van der Waals surface area contributed by atoms with Gasteiger partial charge in [-0.25, -0.2) is 9.78 Å². The van der Waals surface area contributed by atoms with Crippen LogP contribution in [-0.4, -0.2) is 65.8 Å². The summed E-state index contributed by atoms with van der Waals surface area (Å²) in [7, 11) is 3.96. The van der Waals surface area contributed by atoms with E-state index in [0.717, 1.165) is 44.0 Å². The van der Waals surface area contributed by atoms with E-state index in [1.165, 1.54) is 22.7 Å². The molecular weight excluding hydrogens is 635 g/mol. The highest BCUT2D eigenvalue weighted by molar-refractivity contribution is 7.22. The van der Waals surface area contributed by atoms with Crippen LogP contribution in [0.1, 0.15) is 38.3 Å². The summed E-state index contributed by atoms with van der Waals surface area (Å²) in [4.78, 5) is 38.8. The van der Waals surface area contributed by atoms with Gasteiger partial charge in [0, 0.05) is 24.2 Å². The van der Waals surface area contributed by atoms with Gasteiger partial charge in [0.15, 0.2) is 10.3 Å². The summed E-state index contributed by atoms with van der Waals surface area (Å²) in [6.07, 6.45) is 0.483. The number of carboxylic acid groups (broad SMARTS) is 1. The molecule has 0 unspecified atom stereocenters. The van der Waals surface area contributed by atoms with E-state index in [1.54, 1.807) is 0 Å². The van der Waals surface area contributed by atoms with Crippen LogP contribution in [0.15, 0.2) is 66.7 Å². The first-order chi connectivity index (χ1) is 22.8. The Balaban J connectivity index is 1.11. The van der Waals surface area contributed by atoms with Gasteiger partial charge in [-0.3, -0.25) is 15.0 Å². The minimum Gasteiger partial charge on any atom is -0.494 e. The maximum atomic E-state index is 13.4. The maximum Gasteiger partial charge on any atom is 0.512 e. The topological polar surface area (TPSA) is 117 Å². The molecule has 1 aliphatic heterocycles. The number of nitrogens with zero attached hydrogens (tertiary/aromatic N) is 4. The minimum absolute atomic E-state index is 0.0887. The number of anilines is 2. The zero-order valence-corrected chi connectivity index (χ0v) is 27.6. The number of rotatable bonds is 10. The molecule has 6 rings (SSSR count). The van der Waals surface area contributed by atoms with Gasteiger partial charge < -0.3 is 19.5 Å². The highest BCUT2D eigenvalue weighted by Gasteiger charge is 2.26. The summed E-state index contributed by atoms with van der Waals surface area (Å²) in [5, 5.41) is 13.5. The Bertz CT molecular complexity index is 1930. The fraction of sp³-hybridized carbons (Fsp3) is 0.257. The van der Waals surface area contributed by atoms with E-state index >= 15 is 0 Å². The maximum absolute atomic E-state index is 13.4. The third-order valence-corrected chi connectivity index (χ3v) is 9.55. The molecule has 0 saturated heterocycles. The predicted octanol–water partition coefficient (Wildman–Crippen LogP) is 6.55. The molecule has 0 aliphatic carbocycles. The van der Waals surface area contributed by atoms with E-state index in [-0.39, 0.29) is 11.8 Å². The first kappa shape index (κ1) is 32.0. The molecule has 5 aromatic rings.